The van der Waals surface area contributed by atoms with Gasteiger partial charge in [0.15, 0.2) is 5.84 Å². The molecule has 2 aliphatic heterocycles. The van der Waals surface area contributed by atoms with Crippen LogP contribution in [0.25, 0.3) is 0 Å². The molecule has 0 bridgehead atoms. The molecule has 7 heteroatoms. The van der Waals surface area contributed by atoms with Gasteiger partial charge >= 0.3 is 5.97 Å². The number of fused-ring (bicyclic) bond motifs is 3. The highest BCUT2D eigenvalue weighted by molar-refractivity contribution is 6.14. The molecule has 0 fully saturated rings. The Kier molecular flexibility index (Phi) is 3.39. The van der Waals surface area contributed by atoms with E-state index in [1.165, 1.54) is 6.34 Å². The summed E-state index contributed by atoms with van der Waals surface area (Å²) in [7, 11) is 0. The van der Waals surface area contributed by atoms with Gasteiger partial charge in [0.25, 0.3) is 5.91 Å². The van der Waals surface area contributed by atoms with E-state index in [0.717, 1.165) is 11.3 Å². The van der Waals surface area contributed by atoms with Crippen LogP contribution < -0.4 is 5.43 Å². The van der Waals surface area contributed by atoms with Gasteiger partial charge in [0, 0.05) is 5.56 Å². The Labute approximate surface area is 121 Å². The van der Waals surface area contributed by atoms with Crippen LogP contribution in [0, 0.1) is 0 Å². The number of carbonyl (C=O) groups is 2. The molecule has 1 aromatic rings. The van der Waals surface area contributed by atoms with Gasteiger partial charge in [0.2, 0.25) is 0 Å². The van der Waals surface area contributed by atoms with Crippen molar-refractivity contribution < 1.29 is 14.3 Å². The molecule has 0 radical (unpaired) electrons. The summed E-state index contributed by atoms with van der Waals surface area (Å²) < 4.78 is 4.91. The molecule has 1 N–H and O–H groups in total. The molecule has 21 heavy (non-hydrogen) atoms. The van der Waals surface area contributed by atoms with E-state index in [9.17, 15) is 9.59 Å². The molecular formula is C14H14N4O3. The summed E-state index contributed by atoms with van der Waals surface area (Å²) in [6.45, 7) is 2.01. The summed E-state index contributed by atoms with van der Waals surface area (Å²) in [5.74, 6) is -0.196. The average molecular weight is 286 g/mol. The Hall–Kier alpha value is -2.70. The van der Waals surface area contributed by atoms with Gasteiger partial charge in [-0.15, -0.1) is 0 Å². The highest BCUT2D eigenvalue weighted by Crippen LogP contribution is 2.27. The van der Waals surface area contributed by atoms with E-state index in [2.05, 4.69) is 15.5 Å². The number of nitrogens with one attached hydrogen (secondary N) is 1. The fraction of sp³-hybridized carbons (Fsp3) is 0.286. The van der Waals surface area contributed by atoms with Crippen LogP contribution in [-0.2, 0) is 14.3 Å². The van der Waals surface area contributed by atoms with Crippen molar-refractivity contribution in [1.82, 2.24) is 10.3 Å². The maximum Gasteiger partial charge on any atom is 0.308 e. The number of ether oxygens (including phenoxy) is 1. The first-order valence-corrected chi connectivity index (χ1v) is 6.66. The largest absolute Gasteiger partial charge is 0.466 e. The van der Waals surface area contributed by atoms with E-state index >= 15 is 0 Å². The van der Waals surface area contributed by atoms with Crippen LogP contribution in [0.1, 0.15) is 18.9 Å². The molecule has 2 heterocycles. The van der Waals surface area contributed by atoms with Gasteiger partial charge in [-0.2, -0.15) is 5.10 Å². The lowest BCUT2D eigenvalue weighted by Gasteiger charge is -2.34. The number of amidine groups is 1. The second kappa shape index (κ2) is 5.35. The molecule has 0 aliphatic carbocycles. The van der Waals surface area contributed by atoms with Crippen molar-refractivity contribution >= 4 is 29.7 Å². The quantitative estimate of drug-likeness (QED) is 0.832. The molecule has 1 aromatic carbocycles. The minimum absolute atomic E-state index is 0.0487. The van der Waals surface area contributed by atoms with Crippen LogP contribution in [0.5, 0.6) is 0 Å². The van der Waals surface area contributed by atoms with Gasteiger partial charge < -0.3 is 9.64 Å². The van der Waals surface area contributed by atoms with E-state index < -0.39 is 12.0 Å². The summed E-state index contributed by atoms with van der Waals surface area (Å²) in [6, 6.07) is 6.79. The smallest absolute Gasteiger partial charge is 0.308 e. The van der Waals surface area contributed by atoms with E-state index in [1.807, 2.05) is 24.3 Å². The van der Waals surface area contributed by atoms with Gasteiger partial charge in [-0.05, 0) is 19.1 Å². The molecule has 2 aliphatic rings. The summed E-state index contributed by atoms with van der Waals surface area (Å²) in [6.07, 6.45) is 1.48. The second-order valence-corrected chi connectivity index (χ2v) is 4.61. The van der Waals surface area contributed by atoms with E-state index in [4.69, 9.17) is 4.74 Å². The van der Waals surface area contributed by atoms with Crippen molar-refractivity contribution in [3.05, 3.63) is 29.8 Å². The molecule has 0 aromatic heterocycles. The monoisotopic (exact) mass is 286 g/mol. The summed E-state index contributed by atoms with van der Waals surface area (Å²) in [4.78, 5) is 29.5. The predicted octanol–water partition coefficient (Wildman–Crippen LogP) is 0.775. The van der Waals surface area contributed by atoms with Gasteiger partial charge in [-0.25, -0.2) is 10.4 Å². The standard InChI is InChI=1S/C14H14N4O3/c1-2-21-12(19)7-11-14(20)17-16-13-9-5-3-4-6-10(9)15-8-18(11)13/h3-6,8,11H,2,7H2,1H3,(H,17,20). The van der Waals surface area contributed by atoms with Crippen LogP contribution in [0.4, 0.5) is 5.69 Å². The Morgan fingerprint density at radius 1 is 1.43 bits per heavy atom. The number of nitrogens with zero attached hydrogens (tertiary/aromatic N) is 3. The third kappa shape index (κ3) is 2.37. The lowest BCUT2D eigenvalue weighted by atomic mass is 10.1. The zero-order valence-corrected chi connectivity index (χ0v) is 11.4. The van der Waals surface area contributed by atoms with E-state index in [-0.39, 0.29) is 18.9 Å². The first kappa shape index (κ1) is 13.3. The molecule has 108 valence electrons. The lowest BCUT2D eigenvalue weighted by Crippen LogP contribution is -2.54. The van der Waals surface area contributed by atoms with Crippen molar-refractivity contribution in [2.75, 3.05) is 6.61 Å². The minimum Gasteiger partial charge on any atom is -0.466 e. The Morgan fingerprint density at radius 2 is 2.24 bits per heavy atom. The van der Waals surface area contributed by atoms with Gasteiger partial charge in [0.1, 0.15) is 6.04 Å². The molecule has 0 saturated heterocycles. The molecule has 1 unspecified atom stereocenters. The zero-order chi connectivity index (χ0) is 14.8. The third-order valence-corrected chi connectivity index (χ3v) is 3.29. The Balaban J connectivity index is 1.91. The van der Waals surface area contributed by atoms with Crippen molar-refractivity contribution in [3.8, 4) is 0 Å². The third-order valence-electron chi connectivity index (χ3n) is 3.29. The molecule has 0 saturated carbocycles. The number of hydrogen-bond acceptors (Lipinski definition) is 6. The number of hydrazone groups is 1. The molecule has 0 spiro atoms. The molecule has 1 amide bonds. The normalized spacial score (nSPS) is 19.3. The Morgan fingerprint density at radius 3 is 3.05 bits per heavy atom. The number of aliphatic imine (C=N–C) groups is 1. The van der Waals surface area contributed by atoms with Gasteiger partial charge in [-0.1, -0.05) is 12.1 Å². The van der Waals surface area contributed by atoms with Crippen LogP contribution in [0.3, 0.4) is 0 Å². The van der Waals surface area contributed by atoms with Crippen molar-refractivity contribution in [2.45, 2.75) is 19.4 Å². The molecule has 1 atom stereocenters. The van der Waals surface area contributed by atoms with E-state index in [1.54, 1.807) is 11.8 Å². The highest BCUT2D eigenvalue weighted by atomic mass is 16.5. The fourth-order valence-corrected chi connectivity index (χ4v) is 2.32. The van der Waals surface area contributed by atoms with Crippen molar-refractivity contribution in [3.63, 3.8) is 0 Å². The maximum atomic E-state index is 12.0. The molecular weight excluding hydrogens is 272 g/mol. The predicted molar refractivity (Wildman–Crippen MR) is 76.2 cm³/mol. The lowest BCUT2D eigenvalue weighted by molar-refractivity contribution is -0.146. The van der Waals surface area contributed by atoms with Crippen LogP contribution >= 0.6 is 0 Å². The average Bonchev–Trinajstić information content (AvgIpc) is 2.50. The van der Waals surface area contributed by atoms with Crippen LogP contribution in [0.15, 0.2) is 34.4 Å². The SMILES string of the molecule is CCOC(=O)CC1C(=O)NN=C2c3ccccc3N=CN21. The van der Waals surface area contributed by atoms with E-state index in [0.29, 0.717) is 5.84 Å². The first-order valence-electron chi connectivity index (χ1n) is 6.66. The Bertz CT molecular complexity index is 653. The van der Waals surface area contributed by atoms with Crippen molar-refractivity contribution in [1.29, 1.82) is 0 Å². The van der Waals surface area contributed by atoms with Crippen LogP contribution in [-0.4, -0.2) is 41.6 Å². The number of amides is 1. The minimum atomic E-state index is -0.700. The first-order chi connectivity index (χ1) is 10.2. The number of benzene rings is 1. The number of carbonyl (C=O) groups excluding carboxylic acids is 2. The summed E-state index contributed by atoms with van der Waals surface area (Å²) in [5, 5.41) is 4.08. The van der Waals surface area contributed by atoms with Crippen molar-refractivity contribution in [2.24, 2.45) is 10.1 Å². The fourth-order valence-electron chi connectivity index (χ4n) is 2.32. The summed E-state index contributed by atoms with van der Waals surface area (Å²) in [5.41, 5.74) is 4.05. The second-order valence-electron chi connectivity index (χ2n) is 4.61. The molecule has 7 nitrogen and oxygen atoms in total. The molecule has 3 rings (SSSR count). The number of para-hydroxylation sites is 1. The summed E-state index contributed by atoms with van der Waals surface area (Å²) >= 11 is 0. The number of rotatable bonds is 3. The van der Waals surface area contributed by atoms with Crippen LogP contribution in [0.2, 0.25) is 0 Å². The maximum absolute atomic E-state index is 12.0. The zero-order valence-electron chi connectivity index (χ0n) is 11.4. The van der Waals surface area contributed by atoms with Gasteiger partial charge in [-0.3, -0.25) is 9.59 Å². The van der Waals surface area contributed by atoms with Gasteiger partial charge in [0.05, 0.1) is 25.1 Å². The highest BCUT2D eigenvalue weighted by Gasteiger charge is 2.36. The number of hydrogen-bond donors (Lipinski definition) is 1. The topological polar surface area (TPSA) is 83.4 Å². The number of esters is 1.